The highest BCUT2D eigenvalue weighted by molar-refractivity contribution is 7.88. The zero-order valence-electron chi connectivity index (χ0n) is 17.1. The van der Waals surface area contributed by atoms with E-state index in [1.165, 1.54) is 0 Å². The van der Waals surface area contributed by atoms with Gasteiger partial charge in [-0.15, -0.1) is 0 Å². The third-order valence-corrected chi connectivity index (χ3v) is 4.49. The summed E-state index contributed by atoms with van der Waals surface area (Å²) in [6.07, 6.45) is 1.15. The molecule has 3 N–H and O–H groups in total. The van der Waals surface area contributed by atoms with Gasteiger partial charge < -0.3 is 15.4 Å². The van der Waals surface area contributed by atoms with E-state index in [0.717, 1.165) is 18.4 Å². The number of ether oxygens (including phenoxy) is 1. The van der Waals surface area contributed by atoms with Crippen molar-refractivity contribution in [2.45, 2.75) is 39.8 Å². The Labute approximate surface area is 164 Å². The largest absolute Gasteiger partial charge is 0.376 e. The third-order valence-electron chi connectivity index (χ3n) is 3.57. The number of nitrogens with zero attached hydrogens (tertiary/aromatic N) is 1. The average molecular weight is 399 g/mol. The van der Waals surface area contributed by atoms with Crippen molar-refractivity contribution in [2.24, 2.45) is 10.9 Å². The van der Waals surface area contributed by atoms with Crippen LogP contribution in [0.4, 0.5) is 0 Å². The molecule has 0 aliphatic heterocycles. The summed E-state index contributed by atoms with van der Waals surface area (Å²) in [5.74, 6) is 0.968. The molecule has 154 valence electrons. The molecule has 0 radical (unpaired) electrons. The van der Waals surface area contributed by atoms with E-state index in [0.29, 0.717) is 38.2 Å². The minimum atomic E-state index is -3.28. The van der Waals surface area contributed by atoms with Crippen molar-refractivity contribution in [1.82, 2.24) is 15.4 Å². The number of sulfonamides is 1. The first kappa shape index (κ1) is 23.4. The standard InChI is InChI=1S/C19H34N4O3S/c1-6-20-18(22-15-19(3,4)23-27(5,24)25)21-12-16(2)13-26-14-17-10-8-7-9-11-17/h7-11,16,23H,6,12-15H2,1-5H3,(H2,20,21,22). The molecule has 0 heterocycles. The normalized spacial score (nSPS) is 14.0. The van der Waals surface area contributed by atoms with E-state index in [4.69, 9.17) is 4.74 Å². The van der Waals surface area contributed by atoms with Gasteiger partial charge in [-0.1, -0.05) is 37.3 Å². The number of guanidine groups is 1. The molecule has 0 aliphatic rings. The lowest BCUT2D eigenvalue weighted by atomic mass is 10.1. The molecule has 0 fully saturated rings. The van der Waals surface area contributed by atoms with Crippen molar-refractivity contribution in [3.63, 3.8) is 0 Å². The Balaban J connectivity index is 2.44. The van der Waals surface area contributed by atoms with Crippen LogP contribution in [0.3, 0.4) is 0 Å². The highest BCUT2D eigenvalue weighted by Gasteiger charge is 2.21. The molecule has 0 aromatic heterocycles. The Bertz CT molecular complexity index is 675. The van der Waals surface area contributed by atoms with Gasteiger partial charge in [0, 0.05) is 18.6 Å². The van der Waals surface area contributed by atoms with Gasteiger partial charge in [0.2, 0.25) is 10.0 Å². The second-order valence-corrected chi connectivity index (χ2v) is 9.19. The van der Waals surface area contributed by atoms with Crippen LogP contribution in [-0.4, -0.2) is 52.4 Å². The van der Waals surface area contributed by atoms with E-state index < -0.39 is 15.6 Å². The fraction of sp³-hybridized carbons (Fsp3) is 0.632. The van der Waals surface area contributed by atoms with Crippen molar-refractivity contribution in [1.29, 1.82) is 0 Å². The van der Waals surface area contributed by atoms with Gasteiger partial charge in [0.25, 0.3) is 0 Å². The van der Waals surface area contributed by atoms with E-state index >= 15 is 0 Å². The third kappa shape index (κ3) is 11.6. The second-order valence-electron chi connectivity index (χ2n) is 7.44. The molecule has 27 heavy (non-hydrogen) atoms. The Morgan fingerprint density at radius 3 is 2.48 bits per heavy atom. The summed E-state index contributed by atoms with van der Waals surface area (Å²) in [4.78, 5) is 4.50. The van der Waals surface area contributed by atoms with Gasteiger partial charge >= 0.3 is 0 Å². The summed E-state index contributed by atoms with van der Waals surface area (Å²) in [6, 6.07) is 10.1. The zero-order valence-corrected chi connectivity index (χ0v) is 17.9. The van der Waals surface area contributed by atoms with Gasteiger partial charge in [-0.25, -0.2) is 13.1 Å². The van der Waals surface area contributed by atoms with Crippen molar-refractivity contribution in [2.75, 3.05) is 32.5 Å². The van der Waals surface area contributed by atoms with E-state index in [1.807, 2.05) is 37.3 Å². The SMILES string of the molecule is CCNC(=NCC(C)(C)NS(C)(=O)=O)NCC(C)COCc1ccccc1. The first-order valence-electron chi connectivity index (χ1n) is 9.24. The van der Waals surface area contributed by atoms with Crippen LogP contribution in [0.15, 0.2) is 35.3 Å². The first-order valence-corrected chi connectivity index (χ1v) is 11.1. The molecule has 1 unspecified atom stereocenters. The van der Waals surface area contributed by atoms with Crippen LogP contribution in [0.2, 0.25) is 0 Å². The summed E-state index contributed by atoms with van der Waals surface area (Å²) in [6.45, 7) is 10.7. The lowest BCUT2D eigenvalue weighted by molar-refractivity contribution is 0.0931. The molecule has 0 saturated carbocycles. The van der Waals surface area contributed by atoms with Crippen LogP contribution >= 0.6 is 0 Å². The van der Waals surface area contributed by atoms with Crippen molar-refractivity contribution >= 4 is 16.0 Å². The van der Waals surface area contributed by atoms with Gasteiger partial charge in [0.1, 0.15) is 0 Å². The molecule has 0 aliphatic carbocycles. The molecule has 1 aromatic carbocycles. The molecule has 1 rings (SSSR count). The molecule has 7 nitrogen and oxygen atoms in total. The average Bonchev–Trinajstić information content (AvgIpc) is 2.56. The summed E-state index contributed by atoms with van der Waals surface area (Å²) in [5, 5.41) is 6.46. The Morgan fingerprint density at radius 2 is 1.89 bits per heavy atom. The summed E-state index contributed by atoms with van der Waals surface area (Å²) >= 11 is 0. The van der Waals surface area contributed by atoms with Gasteiger partial charge in [-0.2, -0.15) is 0 Å². The molecule has 0 saturated heterocycles. The number of benzene rings is 1. The fourth-order valence-electron chi connectivity index (χ4n) is 2.43. The molecule has 1 atom stereocenters. The van der Waals surface area contributed by atoms with E-state index in [-0.39, 0.29) is 0 Å². The predicted octanol–water partition coefficient (Wildman–Crippen LogP) is 1.72. The van der Waals surface area contributed by atoms with Crippen molar-refractivity contribution < 1.29 is 13.2 Å². The monoisotopic (exact) mass is 398 g/mol. The highest BCUT2D eigenvalue weighted by Crippen LogP contribution is 2.05. The molecular formula is C19H34N4O3S. The lowest BCUT2D eigenvalue weighted by Crippen LogP contribution is -2.47. The Hall–Kier alpha value is -1.64. The number of nitrogens with one attached hydrogen (secondary N) is 3. The maximum absolute atomic E-state index is 11.4. The summed E-state index contributed by atoms with van der Waals surface area (Å²) in [5.41, 5.74) is 0.508. The summed E-state index contributed by atoms with van der Waals surface area (Å²) in [7, 11) is -3.28. The number of hydrogen-bond donors (Lipinski definition) is 3. The van der Waals surface area contributed by atoms with Gasteiger partial charge in [-0.05, 0) is 32.3 Å². The van der Waals surface area contributed by atoms with Gasteiger partial charge in [-0.3, -0.25) is 4.99 Å². The molecule has 0 amide bonds. The maximum atomic E-state index is 11.4. The quantitative estimate of drug-likeness (QED) is 0.390. The fourth-order valence-corrected chi connectivity index (χ4v) is 3.50. The summed E-state index contributed by atoms with van der Waals surface area (Å²) < 4.78 is 31.2. The van der Waals surface area contributed by atoms with Gasteiger partial charge in [0.05, 0.1) is 26.0 Å². The van der Waals surface area contributed by atoms with E-state index in [9.17, 15) is 8.42 Å². The minimum Gasteiger partial charge on any atom is -0.376 e. The zero-order chi connectivity index (χ0) is 20.3. The topological polar surface area (TPSA) is 91.8 Å². The van der Waals surface area contributed by atoms with Crippen molar-refractivity contribution in [3.05, 3.63) is 35.9 Å². The minimum absolute atomic E-state index is 0.305. The van der Waals surface area contributed by atoms with Crippen LogP contribution < -0.4 is 15.4 Å². The van der Waals surface area contributed by atoms with Crippen LogP contribution in [0.1, 0.15) is 33.3 Å². The molecule has 8 heteroatoms. The molecule has 0 spiro atoms. The van der Waals surface area contributed by atoms with Crippen LogP contribution in [0.25, 0.3) is 0 Å². The lowest BCUT2D eigenvalue weighted by Gasteiger charge is -2.24. The highest BCUT2D eigenvalue weighted by atomic mass is 32.2. The predicted molar refractivity (Wildman–Crippen MR) is 111 cm³/mol. The van der Waals surface area contributed by atoms with Crippen LogP contribution in [-0.2, 0) is 21.4 Å². The Kier molecular flexibility index (Phi) is 9.76. The maximum Gasteiger partial charge on any atom is 0.209 e. The number of aliphatic imine (C=N–C) groups is 1. The molecular weight excluding hydrogens is 364 g/mol. The molecule has 1 aromatic rings. The van der Waals surface area contributed by atoms with Gasteiger partial charge in [0.15, 0.2) is 5.96 Å². The number of rotatable bonds is 11. The number of hydrogen-bond acceptors (Lipinski definition) is 4. The Morgan fingerprint density at radius 1 is 1.22 bits per heavy atom. The van der Waals surface area contributed by atoms with Crippen molar-refractivity contribution in [3.8, 4) is 0 Å². The van der Waals surface area contributed by atoms with E-state index in [2.05, 4.69) is 27.3 Å². The first-order chi connectivity index (χ1) is 12.6. The second kappa shape index (κ2) is 11.3. The smallest absolute Gasteiger partial charge is 0.209 e. The van der Waals surface area contributed by atoms with E-state index in [1.54, 1.807) is 13.8 Å². The van der Waals surface area contributed by atoms with Crippen LogP contribution in [0.5, 0.6) is 0 Å². The molecule has 0 bridgehead atoms. The van der Waals surface area contributed by atoms with Crippen LogP contribution in [0, 0.1) is 5.92 Å².